The Kier molecular flexibility index (Phi) is 7.62. The Morgan fingerprint density at radius 2 is 1.78 bits per heavy atom. The van der Waals surface area contributed by atoms with Gasteiger partial charge in [0.15, 0.2) is 0 Å². The molecule has 27 heavy (non-hydrogen) atoms. The van der Waals surface area contributed by atoms with Gasteiger partial charge in [-0.25, -0.2) is 4.99 Å². The van der Waals surface area contributed by atoms with E-state index in [1.165, 1.54) is 6.20 Å². The van der Waals surface area contributed by atoms with Gasteiger partial charge in [0.25, 0.3) is 10.2 Å². The highest BCUT2D eigenvalue weighted by Gasteiger charge is 2.16. The Morgan fingerprint density at radius 3 is 2.37 bits per heavy atom. The number of hydrogen-bond donors (Lipinski definition) is 2. The van der Waals surface area contributed by atoms with Crippen molar-refractivity contribution in [1.82, 2.24) is 9.44 Å². The summed E-state index contributed by atoms with van der Waals surface area (Å²) in [7, 11) is -3.81. The van der Waals surface area contributed by atoms with Crippen LogP contribution in [0, 0.1) is 0 Å². The van der Waals surface area contributed by atoms with Crippen LogP contribution in [0.15, 0.2) is 78.1 Å². The number of hydrogen-bond acceptors (Lipinski definition) is 3. The third-order valence-electron chi connectivity index (χ3n) is 3.52. The fourth-order valence-electron chi connectivity index (χ4n) is 2.31. The molecule has 0 aliphatic carbocycles. The molecule has 0 unspecified atom stereocenters. The van der Waals surface area contributed by atoms with E-state index in [9.17, 15) is 8.42 Å². The number of benzene rings is 2. The minimum absolute atomic E-state index is 0.107. The molecule has 0 radical (unpaired) electrons. The Bertz CT molecular complexity index is 954. The van der Waals surface area contributed by atoms with E-state index in [0.29, 0.717) is 21.9 Å². The smallest absolute Gasteiger partial charge is 0.274 e. The number of nitrogens with zero attached hydrogens (tertiary/aromatic N) is 1. The molecule has 2 rings (SSSR count). The van der Waals surface area contributed by atoms with E-state index in [4.69, 9.17) is 23.2 Å². The number of halogens is 2. The summed E-state index contributed by atoms with van der Waals surface area (Å²) >= 11 is 12.2. The fourth-order valence-corrected chi connectivity index (χ4v) is 3.69. The maximum absolute atomic E-state index is 12.4. The summed E-state index contributed by atoms with van der Waals surface area (Å²) < 4.78 is 29.8. The standard InChI is InChI=1S/C19H19Cl2N3O2S/c1-3-22-19(21)18(16-9-11-17(20)12-10-16)14(2)24-27(25,26)23-13-15-7-5-4-6-8-15/h3-12,23-24H,1,13H2,2H3/b18-14+,22-19?. The predicted octanol–water partition coefficient (Wildman–Crippen LogP) is 4.48. The topological polar surface area (TPSA) is 70.6 Å². The average Bonchev–Trinajstić information content (AvgIpc) is 2.63. The number of nitrogens with one attached hydrogen (secondary N) is 2. The molecule has 0 heterocycles. The first-order valence-electron chi connectivity index (χ1n) is 7.95. The molecule has 0 bridgehead atoms. The molecule has 2 aromatic rings. The van der Waals surface area contributed by atoms with Crippen LogP contribution in [-0.4, -0.2) is 13.6 Å². The van der Waals surface area contributed by atoms with Crippen LogP contribution < -0.4 is 9.44 Å². The third-order valence-corrected chi connectivity index (χ3v) is 5.15. The van der Waals surface area contributed by atoms with E-state index < -0.39 is 10.2 Å². The molecule has 2 N–H and O–H groups in total. The van der Waals surface area contributed by atoms with Gasteiger partial charge in [-0.3, -0.25) is 4.72 Å². The Hall–Kier alpha value is -2.12. The van der Waals surface area contributed by atoms with Crippen LogP contribution in [0.2, 0.25) is 5.02 Å². The molecular formula is C19H19Cl2N3O2S. The van der Waals surface area contributed by atoms with E-state index in [-0.39, 0.29) is 11.7 Å². The second kappa shape index (κ2) is 9.71. The lowest BCUT2D eigenvalue weighted by Gasteiger charge is -2.14. The van der Waals surface area contributed by atoms with Gasteiger partial charge in [0, 0.05) is 29.0 Å². The highest BCUT2D eigenvalue weighted by atomic mass is 35.5. The van der Waals surface area contributed by atoms with Crippen molar-refractivity contribution < 1.29 is 8.42 Å². The van der Waals surface area contributed by atoms with Gasteiger partial charge in [-0.05, 0) is 30.2 Å². The molecule has 0 amide bonds. The summed E-state index contributed by atoms with van der Waals surface area (Å²) in [5, 5.41) is 0.660. The highest BCUT2D eigenvalue weighted by molar-refractivity contribution is 7.87. The van der Waals surface area contributed by atoms with Gasteiger partial charge >= 0.3 is 0 Å². The van der Waals surface area contributed by atoms with E-state index in [1.54, 1.807) is 31.2 Å². The molecule has 0 aliphatic heterocycles. The molecule has 0 aromatic heterocycles. The van der Waals surface area contributed by atoms with Crippen molar-refractivity contribution in [1.29, 1.82) is 0 Å². The quantitative estimate of drug-likeness (QED) is 0.614. The largest absolute Gasteiger partial charge is 0.299 e. The molecule has 8 heteroatoms. The summed E-state index contributed by atoms with van der Waals surface area (Å²) in [6, 6.07) is 16.0. The SMILES string of the molecule is C=CN=C(Cl)/C(=C(\C)NS(=O)(=O)NCc1ccccc1)c1ccc(Cl)cc1. The van der Waals surface area contributed by atoms with E-state index >= 15 is 0 Å². The van der Waals surface area contributed by atoms with Crippen molar-refractivity contribution in [3.8, 4) is 0 Å². The molecule has 0 saturated heterocycles. The van der Waals surface area contributed by atoms with Gasteiger partial charge in [0.1, 0.15) is 5.17 Å². The second-order valence-electron chi connectivity index (χ2n) is 5.52. The first-order chi connectivity index (χ1) is 12.8. The minimum atomic E-state index is -3.81. The van der Waals surface area contributed by atoms with E-state index in [1.807, 2.05) is 30.3 Å². The van der Waals surface area contributed by atoms with Gasteiger partial charge in [-0.2, -0.15) is 13.1 Å². The summed E-state index contributed by atoms with van der Waals surface area (Å²) in [5.74, 6) is 0. The van der Waals surface area contributed by atoms with Crippen molar-refractivity contribution in [3.05, 3.63) is 89.2 Å². The molecular weight excluding hydrogens is 405 g/mol. The zero-order chi connectivity index (χ0) is 19.9. The van der Waals surface area contributed by atoms with Crippen LogP contribution in [0.1, 0.15) is 18.1 Å². The van der Waals surface area contributed by atoms with E-state index in [0.717, 1.165) is 5.56 Å². The lowest BCUT2D eigenvalue weighted by atomic mass is 10.1. The molecule has 0 fully saturated rings. The van der Waals surface area contributed by atoms with Gasteiger partial charge in [-0.1, -0.05) is 72.2 Å². The minimum Gasteiger partial charge on any atom is -0.274 e. The van der Waals surface area contributed by atoms with Gasteiger partial charge in [0.2, 0.25) is 0 Å². The Morgan fingerprint density at radius 1 is 1.15 bits per heavy atom. The predicted molar refractivity (Wildman–Crippen MR) is 113 cm³/mol. The molecule has 142 valence electrons. The van der Waals surface area contributed by atoms with Crippen molar-refractivity contribution >= 4 is 44.2 Å². The summed E-state index contributed by atoms with van der Waals surface area (Å²) in [5.41, 5.74) is 2.25. The summed E-state index contributed by atoms with van der Waals surface area (Å²) in [4.78, 5) is 3.97. The van der Waals surface area contributed by atoms with Crippen LogP contribution >= 0.6 is 23.2 Å². The number of rotatable bonds is 8. The van der Waals surface area contributed by atoms with Gasteiger partial charge in [-0.15, -0.1) is 0 Å². The summed E-state index contributed by atoms with van der Waals surface area (Å²) in [6.07, 6.45) is 1.29. The lowest BCUT2D eigenvalue weighted by Crippen LogP contribution is -2.35. The van der Waals surface area contributed by atoms with Crippen LogP contribution in [0.5, 0.6) is 0 Å². The van der Waals surface area contributed by atoms with Gasteiger partial charge < -0.3 is 0 Å². The normalized spacial score (nSPS) is 13.1. The fraction of sp³-hybridized carbons (Fsp3) is 0.105. The number of allylic oxidation sites excluding steroid dienone is 2. The molecule has 2 aromatic carbocycles. The van der Waals surface area contributed by atoms with Crippen molar-refractivity contribution in [2.75, 3.05) is 0 Å². The number of aliphatic imine (C=N–C) groups is 1. The van der Waals surface area contributed by atoms with Crippen LogP contribution in [0.25, 0.3) is 5.57 Å². The Balaban J connectivity index is 2.29. The first kappa shape index (κ1) is 21.2. The van der Waals surface area contributed by atoms with Gasteiger partial charge in [0.05, 0.1) is 0 Å². The van der Waals surface area contributed by atoms with Crippen molar-refractivity contribution in [3.63, 3.8) is 0 Å². The molecule has 0 spiro atoms. The van der Waals surface area contributed by atoms with E-state index in [2.05, 4.69) is 21.0 Å². The molecule has 0 atom stereocenters. The van der Waals surface area contributed by atoms with Crippen LogP contribution in [-0.2, 0) is 16.8 Å². The van der Waals surface area contributed by atoms with Crippen molar-refractivity contribution in [2.24, 2.45) is 4.99 Å². The monoisotopic (exact) mass is 423 g/mol. The molecule has 5 nitrogen and oxygen atoms in total. The first-order valence-corrected chi connectivity index (χ1v) is 10.2. The highest BCUT2D eigenvalue weighted by Crippen LogP contribution is 2.24. The summed E-state index contributed by atoms with van der Waals surface area (Å²) in [6.45, 7) is 5.29. The zero-order valence-electron chi connectivity index (χ0n) is 14.6. The van der Waals surface area contributed by atoms with Crippen molar-refractivity contribution in [2.45, 2.75) is 13.5 Å². The maximum Gasteiger partial charge on any atom is 0.299 e. The third kappa shape index (κ3) is 6.52. The maximum atomic E-state index is 12.4. The zero-order valence-corrected chi connectivity index (χ0v) is 16.9. The molecule has 0 aliphatic rings. The van der Waals surface area contributed by atoms with Crippen LogP contribution in [0.4, 0.5) is 0 Å². The lowest BCUT2D eigenvalue weighted by molar-refractivity contribution is 0.573. The second-order valence-corrected chi connectivity index (χ2v) is 7.82. The Labute approximate surface area is 169 Å². The molecule has 0 saturated carbocycles. The average molecular weight is 424 g/mol. The van der Waals surface area contributed by atoms with Crippen LogP contribution in [0.3, 0.4) is 0 Å².